The van der Waals surface area contributed by atoms with E-state index in [0.29, 0.717) is 33.3 Å². The summed E-state index contributed by atoms with van der Waals surface area (Å²) < 4.78 is 158. The molecule has 686 valence electrons. The van der Waals surface area contributed by atoms with Gasteiger partial charge in [-0.15, -0.1) is 0 Å². The average Bonchev–Trinajstić information content (AvgIpc) is 1.44. The number of rotatable bonds is 0. The Labute approximate surface area is 809 Å². The van der Waals surface area contributed by atoms with Crippen molar-refractivity contribution in [1.29, 1.82) is 0 Å². The van der Waals surface area contributed by atoms with Crippen LogP contribution >= 0.6 is 0 Å². The van der Waals surface area contributed by atoms with Crippen molar-refractivity contribution in [2.45, 2.75) is 280 Å². The first-order valence-electron chi connectivity index (χ1n) is 53.9. The van der Waals surface area contributed by atoms with Crippen LogP contribution in [0.3, 0.4) is 0 Å². The molecule has 0 saturated carbocycles. The third kappa shape index (κ3) is 18.5. The number of hydrogen-bond acceptors (Lipinski definition) is 7. The van der Waals surface area contributed by atoms with Gasteiger partial charge in [0.05, 0.1) is 0 Å². The highest BCUT2D eigenvalue weighted by atomic mass is 16.4. The zero-order valence-corrected chi connectivity index (χ0v) is 83.6. The quantitative estimate of drug-likeness (QED) is 0.149. The molecule has 0 aliphatic carbocycles. The number of hydrogen-bond donors (Lipinski definition) is 0. The largest absolute Gasteiger partial charge is 0.456 e. The van der Waals surface area contributed by atoms with E-state index in [-0.39, 0.29) is 60.2 Å². The third-order valence-corrected chi connectivity index (χ3v) is 25.8. The summed E-state index contributed by atoms with van der Waals surface area (Å²) in [6.07, 6.45) is 0. The van der Waals surface area contributed by atoms with Gasteiger partial charge in [0.1, 0.15) is 78.2 Å². The fourth-order valence-electron chi connectivity index (χ4n) is 20.5. The Kier molecular flexibility index (Phi) is 20.4. The van der Waals surface area contributed by atoms with Crippen LogP contribution in [0.25, 0.3) is 154 Å². The minimum Gasteiger partial charge on any atom is -0.456 e. The molecule has 7 heterocycles. The molecule has 0 aliphatic heterocycles. The molecule has 7 heteroatoms. The molecule has 0 fully saturated rings. The van der Waals surface area contributed by atoms with Crippen LogP contribution in [0.4, 0.5) is 0 Å². The Bertz CT molecular complexity index is 8660. The lowest BCUT2D eigenvalue weighted by molar-refractivity contribution is 0.568. The first-order chi connectivity index (χ1) is 68.3. The van der Waals surface area contributed by atoms with Crippen molar-refractivity contribution in [1.82, 2.24) is 0 Å². The molecule has 21 aromatic rings. The molecule has 0 radical (unpaired) electrons. The summed E-state index contributed by atoms with van der Waals surface area (Å²) >= 11 is 0. The molecule has 133 heavy (non-hydrogen) atoms. The summed E-state index contributed by atoms with van der Waals surface area (Å²) in [5.41, 5.74) is 31.8. The molecular formula is C126H140O7. The number of benzene rings is 14. The molecule has 7 nitrogen and oxygen atoms in total. The molecule has 0 spiro atoms. The topological polar surface area (TPSA) is 92.0 Å². The minimum absolute atomic E-state index is 0.0108. The number of furan rings is 7. The van der Waals surface area contributed by atoms with E-state index < -0.39 is 34.3 Å². The number of aryl methyl sites for hydroxylation is 13. The van der Waals surface area contributed by atoms with Crippen LogP contribution in [0.15, 0.2) is 243 Å². The Morgan fingerprint density at radius 1 is 0.173 bits per heavy atom. The number of para-hydroxylation sites is 3. The first kappa shape index (κ1) is 77.2. The van der Waals surface area contributed by atoms with Gasteiger partial charge in [0, 0.05) is 135 Å². The van der Waals surface area contributed by atoms with Crippen molar-refractivity contribution in [2.75, 3.05) is 0 Å². The maximum atomic E-state index is 7.84. The highest BCUT2D eigenvalue weighted by Crippen LogP contribution is 2.48. The van der Waals surface area contributed by atoms with Gasteiger partial charge < -0.3 is 30.9 Å². The predicted octanol–water partition coefficient (Wildman–Crippen LogP) is 38.5. The van der Waals surface area contributed by atoms with Gasteiger partial charge in [-0.05, 0) is 255 Å². The van der Waals surface area contributed by atoms with Crippen LogP contribution in [0.2, 0.25) is 0 Å². The second kappa shape index (κ2) is 35.2. The second-order valence-corrected chi connectivity index (χ2v) is 43.8. The van der Waals surface area contributed by atoms with Crippen LogP contribution in [0.1, 0.15) is 283 Å². The van der Waals surface area contributed by atoms with Gasteiger partial charge in [0.2, 0.25) is 0 Å². The van der Waals surface area contributed by atoms with Crippen LogP contribution in [0.5, 0.6) is 0 Å². The van der Waals surface area contributed by atoms with Crippen LogP contribution < -0.4 is 0 Å². The first-order valence-corrected chi connectivity index (χ1v) is 46.4. The molecule has 14 aromatic carbocycles. The maximum absolute atomic E-state index is 7.84. The van der Waals surface area contributed by atoms with Gasteiger partial charge in [-0.1, -0.05) is 315 Å². The fourth-order valence-corrected chi connectivity index (χ4v) is 20.5. The van der Waals surface area contributed by atoms with Crippen molar-refractivity contribution >= 4 is 154 Å². The van der Waals surface area contributed by atoms with Gasteiger partial charge in [0.15, 0.2) is 0 Å². The Hall–Kier alpha value is -12.3. The van der Waals surface area contributed by atoms with Gasteiger partial charge in [0.25, 0.3) is 0 Å². The average molecular weight is 1780 g/mol. The number of fused-ring (bicyclic) bond motifs is 21. The van der Waals surface area contributed by atoms with Gasteiger partial charge in [-0.25, -0.2) is 0 Å². The monoisotopic (exact) mass is 1780 g/mol. The lowest BCUT2D eigenvalue weighted by Crippen LogP contribution is -2.14. The third-order valence-electron chi connectivity index (χ3n) is 25.8. The Balaban J connectivity index is 0.000000130. The van der Waals surface area contributed by atoms with Crippen molar-refractivity contribution in [3.8, 4) is 0 Å². The van der Waals surface area contributed by atoms with Crippen molar-refractivity contribution in [2.24, 2.45) is 0 Å². The van der Waals surface area contributed by atoms with E-state index in [2.05, 4.69) is 298 Å². The SMILES string of the molecule is Cc1cc2c(oc3ccccc32)c(C(C)(C)C)c1C.Cc1ccc2c(oc3cccc(C)c32)c1C(C)(C)C.Cc1ccc2c(oc3ccccc32)c1C(C)(C)C.[2H]C([2H])([2H])c1cc(C([2H])([2H])[2H])c2oc3c(C(C)(C)C)c(C)ccc3c2c1.[2H]C([2H])([2H])c1ccc2c(c1)oc1c(C(C)(C)C)c(C)ccc12.[2H]C([2H])([2H])c1ccc2oc3c(C(C)(C)C)c(C)ccc3c2c1.[2H]C([2H])([2H])c1cccc2c1oc1c(C(C)(C)C)c(C)ccc12. The summed E-state index contributed by atoms with van der Waals surface area (Å²) in [4.78, 5) is 0. The summed E-state index contributed by atoms with van der Waals surface area (Å²) in [5, 5.41) is 14.4. The molecule has 0 atom stereocenters. The van der Waals surface area contributed by atoms with Crippen LogP contribution in [0, 0.1) is 96.6 Å². The van der Waals surface area contributed by atoms with Crippen LogP contribution in [-0.2, 0) is 37.9 Å². The van der Waals surface area contributed by atoms with E-state index in [0.717, 1.165) is 116 Å². The maximum Gasteiger partial charge on any atom is 0.139 e. The fraction of sp³-hybridized carbons (Fsp3) is 0.333. The highest BCUT2D eigenvalue weighted by Gasteiger charge is 2.32. The van der Waals surface area contributed by atoms with E-state index >= 15 is 0 Å². The molecule has 7 aromatic heterocycles. The molecule has 0 bridgehead atoms. The lowest BCUT2D eigenvalue weighted by atomic mass is 9.81. The van der Waals surface area contributed by atoms with Crippen molar-refractivity contribution in [3.63, 3.8) is 0 Å². The van der Waals surface area contributed by atoms with E-state index in [1.807, 2.05) is 67.6 Å². The second-order valence-electron chi connectivity index (χ2n) is 43.8. The highest BCUT2D eigenvalue weighted by molar-refractivity contribution is 6.13. The van der Waals surface area contributed by atoms with Gasteiger partial charge >= 0.3 is 0 Å². The van der Waals surface area contributed by atoms with Crippen molar-refractivity contribution < 1.29 is 51.5 Å². The molecule has 0 N–H and O–H groups in total. The summed E-state index contributed by atoms with van der Waals surface area (Å²) in [6.45, 7) is 53.7. The van der Waals surface area contributed by atoms with E-state index in [4.69, 9.17) is 51.5 Å². The summed E-state index contributed by atoms with van der Waals surface area (Å²) in [7, 11) is 0. The smallest absolute Gasteiger partial charge is 0.139 e. The Morgan fingerprint density at radius 2 is 0.466 bits per heavy atom. The Morgan fingerprint density at radius 3 is 0.917 bits per heavy atom. The van der Waals surface area contributed by atoms with E-state index in [1.54, 1.807) is 42.5 Å². The van der Waals surface area contributed by atoms with Gasteiger partial charge in [-0.3, -0.25) is 0 Å². The summed E-state index contributed by atoms with van der Waals surface area (Å²) in [6, 6.07) is 68.4. The molecular weight excluding hydrogens is 1630 g/mol. The standard InChI is InChI=1S/C19H22O.5C18H20O.C17H18O/c1-11-9-13(3)17-15(10-11)14-8-7-12(2)16(18(14)20-17)19(4,5)6;1-11-6-9-15-14(10-11)13-8-7-12(2)16(17(13)19-15)18(3,4)5;1-11-6-8-13-14-9-7-12(2)16(18(3,4)5)17(14)19-15(13)10-11;1-11-9-10-14-13-8-6-7-12(2)16(13)19-17(14)15(11)18(3,4)5;1-11-7-6-8-14-15(11)13-10-9-12(2)16(17(13)19-14)18(3,4)5;1-11-10-14-13-8-6-7-9-15(13)19-17(14)16(12(11)2)18(3,4)5;1-11-9-10-13-12-7-5-6-8-14(12)18-16(13)15(11)17(2,3)4/h7-10H,1-6H3;5*6-10H,1-5H3;5-10H,1-4H3/i1D3,3D3;2*1D3;2D3;;;. The zero-order valence-electron chi connectivity index (χ0n) is 98.6. The normalized spacial score (nSPS) is 14.6. The van der Waals surface area contributed by atoms with Gasteiger partial charge in [-0.2, -0.15) is 0 Å². The van der Waals surface area contributed by atoms with Crippen LogP contribution in [-0.4, -0.2) is 0 Å². The molecule has 0 aliphatic rings. The zero-order chi connectivity index (χ0) is 109. The molecule has 21 rings (SSSR count). The van der Waals surface area contributed by atoms with Crippen molar-refractivity contribution in [3.05, 3.63) is 329 Å². The predicted molar refractivity (Wildman–Crippen MR) is 573 cm³/mol. The van der Waals surface area contributed by atoms with E-state index in [1.165, 1.54) is 111 Å². The molecule has 0 saturated heterocycles. The minimum atomic E-state index is -2.47. The van der Waals surface area contributed by atoms with E-state index in [9.17, 15) is 0 Å². The summed E-state index contributed by atoms with van der Waals surface area (Å²) in [5.74, 6) is 0. The molecule has 0 unspecified atom stereocenters. The molecule has 0 amide bonds. The lowest BCUT2D eigenvalue weighted by Gasteiger charge is -2.23.